The van der Waals surface area contributed by atoms with Crippen LogP contribution in [-0.2, 0) is 4.74 Å². The molecule has 1 aliphatic heterocycles. The maximum absolute atomic E-state index is 10.7. The van der Waals surface area contributed by atoms with Gasteiger partial charge in [-0.2, -0.15) is 0 Å². The molecule has 3 N–H and O–H groups in total. The van der Waals surface area contributed by atoms with Crippen molar-refractivity contribution in [1.29, 1.82) is 0 Å². The molecule has 0 unspecified atom stereocenters. The van der Waals surface area contributed by atoms with Crippen LogP contribution >= 0.6 is 0 Å². The lowest BCUT2D eigenvalue weighted by Crippen LogP contribution is -2.40. The molecule has 1 saturated carbocycles. The van der Waals surface area contributed by atoms with E-state index in [1.165, 1.54) is 24.2 Å². The minimum absolute atomic E-state index is 0.0852. The Morgan fingerprint density at radius 2 is 2.29 bits per heavy atom. The molecule has 98 valence electrons. The number of rotatable bonds is 4. The summed E-state index contributed by atoms with van der Waals surface area (Å²) in [5.74, 6) is 0.499. The van der Waals surface area contributed by atoms with Crippen LogP contribution in [0.15, 0.2) is 0 Å². The molecule has 2 aliphatic rings. The predicted molar refractivity (Wildman–Crippen MR) is 63.9 cm³/mol. The van der Waals surface area contributed by atoms with E-state index in [1.54, 1.807) is 7.05 Å². The van der Waals surface area contributed by atoms with E-state index >= 15 is 0 Å². The molecule has 1 spiro atoms. The lowest BCUT2D eigenvalue weighted by Gasteiger charge is -2.31. The van der Waals surface area contributed by atoms with Gasteiger partial charge in [-0.25, -0.2) is 4.79 Å². The zero-order valence-corrected chi connectivity index (χ0v) is 10.4. The first-order valence-electron chi connectivity index (χ1n) is 6.34. The van der Waals surface area contributed by atoms with Crippen LogP contribution < -0.4 is 5.73 Å². The van der Waals surface area contributed by atoms with Gasteiger partial charge < -0.3 is 20.5 Å². The Morgan fingerprint density at radius 1 is 1.59 bits per heavy atom. The topological polar surface area (TPSA) is 75.8 Å². The maximum atomic E-state index is 10.7. The summed E-state index contributed by atoms with van der Waals surface area (Å²) >= 11 is 0. The van der Waals surface area contributed by atoms with E-state index in [-0.39, 0.29) is 11.6 Å². The Labute approximate surface area is 102 Å². The molecule has 1 amide bonds. The summed E-state index contributed by atoms with van der Waals surface area (Å²) in [4.78, 5) is 11.9. The highest BCUT2D eigenvalue weighted by Crippen LogP contribution is 2.47. The Bertz CT molecular complexity index is 281. The molecular weight excluding hydrogens is 220 g/mol. The van der Waals surface area contributed by atoms with Crippen molar-refractivity contribution in [3.05, 3.63) is 0 Å². The van der Waals surface area contributed by atoms with Crippen molar-refractivity contribution in [2.24, 2.45) is 11.7 Å². The van der Waals surface area contributed by atoms with Crippen molar-refractivity contribution < 1.29 is 14.6 Å². The normalized spacial score (nSPS) is 27.8. The summed E-state index contributed by atoms with van der Waals surface area (Å²) in [6.07, 6.45) is 4.69. The molecule has 2 fully saturated rings. The third kappa shape index (κ3) is 3.33. The van der Waals surface area contributed by atoms with E-state index in [1.807, 2.05) is 0 Å². The van der Waals surface area contributed by atoms with E-state index in [9.17, 15) is 4.79 Å². The summed E-state index contributed by atoms with van der Waals surface area (Å²) in [6.45, 7) is 1.20. The summed E-state index contributed by atoms with van der Waals surface area (Å²) in [7, 11) is 1.55. The van der Waals surface area contributed by atoms with E-state index in [0.29, 0.717) is 12.5 Å². The van der Waals surface area contributed by atoms with E-state index in [4.69, 9.17) is 15.6 Å². The minimum Gasteiger partial charge on any atom is -0.465 e. The van der Waals surface area contributed by atoms with Gasteiger partial charge in [0.1, 0.15) is 0 Å². The first-order chi connectivity index (χ1) is 8.01. The van der Waals surface area contributed by atoms with Crippen LogP contribution in [0.2, 0.25) is 0 Å². The molecule has 17 heavy (non-hydrogen) atoms. The van der Waals surface area contributed by atoms with E-state index < -0.39 is 6.09 Å². The molecule has 0 aromatic carbocycles. The maximum Gasteiger partial charge on any atom is 0.407 e. The van der Waals surface area contributed by atoms with Crippen LogP contribution in [0.1, 0.15) is 32.1 Å². The van der Waals surface area contributed by atoms with Crippen molar-refractivity contribution in [2.45, 2.75) is 43.7 Å². The summed E-state index contributed by atoms with van der Waals surface area (Å²) < 4.78 is 5.86. The van der Waals surface area contributed by atoms with Crippen molar-refractivity contribution in [3.63, 3.8) is 0 Å². The van der Waals surface area contributed by atoms with Gasteiger partial charge in [0.15, 0.2) is 0 Å². The molecule has 2 rings (SSSR count). The summed E-state index contributed by atoms with van der Waals surface area (Å²) in [5, 5.41) is 8.76. The van der Waals surface area contributed by atoms with Gasteiger partial charge in [-0.3, -0.25) is 0 Å². The van der Waals surface area contributed by atoms with E-state index in [0.717, 1.165) is 19.4 Å². The minimum atomic E-state index is -0.919. The zero-order chi connectivity index (χ0) is 12.5. The summed E-state index contributed by atoms with van der Waals surface area (Å²) in [6, 6.07) is -0.0852. The number of amides is 1. The first-order valence-corrected chi connectivity index (χ1v) is 6.34. The fraction of sp³-hybridized carbons (Fsp3) is 0.917. The Hall–Kier alpha value is -0.810. The third-order valence-corrected chi connectivity index (χ3v) is 3.91. The number of hydrogen-bond acceptors (Lipinski definition) is 3. The quantitative estimate of drug-likeness (QED) is 0.778. The zero-order valence-electron chi connectivity index (χ0n) is 10.4. The van der Waals surface area contributed by atoms with Crippen LogP contribution in [0.4, 0.5) is 4.79 Å². The second kappa shape index (κ2) is 4.82. The smallest absolute Gasteiger partial charge is 0.407 e. The Balaban J connectivity index is 1.68. The number of nitrogens with zero attached hydrogens (tertiary/aromatic N) is 1. The van der Waals surface area contributed by atoms with Gasteiger partial charge in [0.05, 0.1) is 12.2 Å². The molecule has 2 atom stereocenters. The number of ether oxygens (including phenoxy) is 1. The van der Waals surface area contributed by atoms with Gasteiger partial charge in [-0.1, -0.05) is 0 Å². The molecule has 1 aliphatic carbocycles. The van der Waals surface area contributed by atoms with Crippen molar-refractivity contribution >= 4 is 6.09 Å². The van der Waals surface area contributed by atoms with Gasteiger partial charge in [0.2, 0.25) is 0 Å². The van der Waals surface area contributed by atoms with Crippen LogP contribution in [-0.4, -0.2) is 47.9 Å². The first kappa shape index (κ1) is 12.6. The molecule has 0 bridgehead atoms. The van der Waals surface area contributed by atoms with Crippen LogP contribution in [0.3, 0.4) is 0 Å². The largest absolute Gasteiger partial charge is 0.465 e. The highest BCUT2D eigenvalue weighted by Gasteiger charge is 2.46. The van der Waals surface area contributed by atoms with Gasteiger partial charge in [0.25, 0.3) is 0 Å². The fourth-order valence-electron chi connectivity index (χ4n) is 2.57. The third-order valence-electron chi connectivity index (χ3n) is 3.91. The average molecular weight is 242 g/mol. The molecule has 0 radical (unpaired) electrons. The van der Waals surface area contributed by atoms with E-state index in [2.05, 4.69) is 0 Å². The Morgan fingerprint density at radius 3 is 2.76 bits per heavy atom. The van der Waals surface area contributed by atoms with Gasteiger partial charge >= 0.3 is 6.09 Å². The molecule has 5 nitrogen and oxygen atoms in total. The molecule has 1 heterocycles. The van der Waals surface area contributed by atoms with Crippen LogP contribution in [0.5, 0.6) is 0 Å². The number of carboxylic acid groups (broad SMARTS) is 1. The van der Waals surface area contributed by atoms with Gasteiger partial charge in [0, 0.05) is 19.6 Å². The highest BCUT2D eigenvalue weighted by atomic mass is 16.5. The molecular formula is C12H22N2O3. The van der Waals surface area contributed by atoms with Crippen molar-refractivity contribution in [1.82, 2.24) is 4.90 Å². The average Bonchev–Trinajstić information content (AvgIpc) is 3.02. The number of likely N-dealkylation sites (N-methyl/N-ethyl adjacent to an activating group) is 1. The molecule has 1 saturated heterocycles. The molecule has 0 aromatic rings. The van der Waals surface area contributed by atoms with Crippen LogP contribution in [0, 0.1) is 5.92 Å². The highest BCUT2D eigenvalue weighted by molar-refractivity contribution is 5.64. The lowest BCUT2D eigenvalue weighted by molar-refractivity contribution is -0.0377. The lowest BCUT2D eigenvalue weighted by atomic mass is 9.91. The van der Waals surface area contributed by atoms with Gasteiger partial charge in [-0.05, 0) is 38.0 Å². The number of nitrogens with two attached hydrogens (primary N) is 1. The Kier molecular flexibility index (Phi) is 3.58. The van der Waals surface area contributed by atoms with Gasteiger partial charge in [-0.15, -0.1) is 0 Å². The van der Waals surface area contributed by atoms with Crippen molar-refractivity contribution in [3.8, 4) is 0 Å². The monoisotopic (exact) mass is 242 g/mol. The summed E-state index contributed by atoms with van der Waals surface area (Å²) in [5.41, 5.74) is 6.20. The number of carbonyl (C=O) groups is 1. The second-order valence-corrected chi connectivity index (χ2v) is 5.56. The second-order valence-electron chi connectivity index (χ2n) is 5.56. The standard InChI is InChI=1S/C12H22N2O3/c1-14(11(15)16)7-10(13)6-9-2-3-12(4-5-12)17-8-9/h9-10H,2-8,13H2,1H3,(H,15,16)/t9-,10-/m1/s1. The molecule has 5 heteroatoms. The number of hydrogen-bond donors (Lipinski definition) is 2. The molecule has 0 aromatic heterocycles. The fourth-order valence-corrected chi connectivity index (χ4v) is 2.57. The van der Waals surface area contributed by atoms with Crippen molar-refractivity contribution in [2.75, 3.05) is 20.2 Å². The SMILES string of the molecule is CN(C[C@H](N)C[C@H]1CCC2(CC2)OC1)C(=O)O. The predicted octanol–water partition coefficient (Wildman–Crippen LogP) is 1.27. The van der Waals surface area contributed by atoms with Crippen LogP contribution in [0.25, 0.3) is 0 Å².